The van der Waals surface area contributed by atoms with Crippen LogP contribution in [0.1, 0.15) is 97.8 Å². The van der Waals surface area contributed by atoms with Crippen molar-refractivity contribution in [3.05, 3.63) is 65.1 Å². The summed E-state index contributed by atoms with van der Waals surface area (Å²) >= 11 is 0. The molecule has 2 aromatic heterocycles. The van der Waals surface area contributed by atoms with Crippen LogP contribution >= 0.6 is 0 Å². The van der Waals surface area contributed by atoms with E-state index in [9.17, 15) is 0 Å². The van der Waals surface area contributed by atoms with Crippen molar-refractivity contribution in [2.24, 2.45) is 5.41 Å². The Labute approximate surface area is 191 Å². The predicted molar refractivity (Wildman–Crippen MR) is 138 cm³/mol. The maximum atomic E-state index is 4.87. The lowest BCUT2D eigenvalue weighted by molar-refractivity contribution is 0.154. The molecule has 1 atom stereocenters. The van der Waals surface area contributed by atoms with E-state index in [0.29, 0.717) is 0 Å². The highest BCUT2D eigenvalue weighted by Crippen LogP contribution is 2.56. The topological polar surface area (TPSA) is 29.3 Å². The van der Waals surface area contributed by atoms with Gasteiger partial charge in [-0.15, -0.1) is 0 Å². The zero-order valence-electron chi connectivity index (χ0n) is 22.0. The van der Waals surface area contributed by atoms with E-state index >= 15 is 0 Å². The molecule has 0 bridgehead atoms. The Hall–Kier alpha value is -2.29. The smallest absolute Gasteiger partial charge is 0.161 e. The van der Waals surface area contributed by atoms with Gasteiger partial charge in [-0.3, -0.25) is 0 Å². The third-order valence-electron chi connectivity index (χ3n) is 6.70. The zero-order valence-corrected chi connectivity index (χ0v) is 22.0. The van der Waals surface area contributed by atoms with Crippen molar-refractivity contribution in [3.63, 3.8) is 0 Å². The quantitative estimate of drug-likeness (QED) is 0.425. The van der Waals surface area contributed by atoms with Crippen molar-refractivity contribution in [2.45, 2.75) is 94.5 Å². The van der Waals surface area contributed by atoms with Gasteiger partial charge in [-0.25, -0.2) is 4.98 Å². The fourth-order valence-electron chi connectivity index (χ4n) is 4.18. The van der Waals surface area contributed by atoms with Gasteiger partial charge in [-0.2, -0.15) is 0 Å². The monoisotopic (exact) mass is 423 g/mol. The molecule has 3 aromatic rings. The normalized spacial score (nSPS) is 17.5. The first-order chi connectivity index (χ1) is 14.7. The largest absolute Gasteiger partial charge is 0.374 e. The fraction of sp³-hybridized carbons (Fsp3) is 0.536. The molecule has 0 saturated carbocycles. The van der Waals surface area contributed by atoms with Gasteiger partial charge >= 0.3 is 0 Å². The molecule has 0 fully saturated rings. The summed E-state index contributed by atoms with van der Waals surface area (Å²) in [4.78, 5) is 4.87. The van der Waals surface area contributed by atoms with Gasteiger partial charge in [-0.1, -0.05) is 99.6 Å². The van der Waals surface area contributed by atoms with Gasteiger partial charge in [0.05, 0.1) is 17.4 Å². The Kier molecular flexibility index (Phi) is 9.35. The van der Waals surface area contributed by atoms with E-state index in [1.165, 1.54) is 22.5 Å². The number of benzene rings is 1. The van der Waals surface area contributed by atoms with Crippen LogP contribution in [0.15, 0.2) is 42.6 Å². The van der Waals surface area contributed by atoms with Gasteiger partial charge in [0.1, 0.15) is 0 Å². The second-order valence-corrected chi connectivity index (χ2v) is 8.42. The van der Waals surface area contributed by atoms with Crippen LogP contribution in [0.5, 0.6) is 0 Å². The molecule has 0 saturated heterocycles. The Bertz CT molecular complexity index is 949. The molecule has 0 aliphatic carbocycles. The van der Waals surface area contributed by atoms with Gasteiger partial charge in [0.2, 0.25) is 0 Å². The number of hydrogen-bond donors (Lipinski definition) is 1. The van der Waals surface area contributed by atoms with Crippen LogP contribution in [0.2, 0.25) is 0 Å². The maximum Gasteiger partial charge on any atom is 0.161 e. The Morgan fingerprint density at radius 2 is 1.39 bits per heavy atom. The van der Waals surface area contributed by atoms with Gasteiger partial charge < -0.3 is 9.72 Å². The first-order valence-electron chi connectivity index (χ1n) is 12.1. The number of nitrogens with zero attached hydrogens (tertiary/aromatic N) is 2. The van der Waals surface area contributed by atoms with Crippen LogP contribution in [0, 0.1) is 19.3 Å². The molecule has 4 rings (SSSR count). The summed E-state index contributed by atoms with van der Waals surface area (Å²) in [6, 6.07) is 13.3. The molecule has 0 radical (unpaired) electrons. The average molecular weight is 424 g/mol. The second-order valence-electron chi connectivity index (χ2n) is 8.42. The molecule has 0 spiro atoms. The first kappa shape index (κ1) is 26.7. The molecular weight excluding hydrogens is 378 g/mol. The van der Waals surface area contributed by atoms with Crippen LogP contribution in [0.25, 0.3) is 5.65 Å². The lowest BCUT2D eigenvalue weighted by Gasteiger charge is -2.52. The molecular formula is C28H45N3. The fourth-order valence-corrected chi connectivity index (χ4v) is 4.18. The van der Waals surface area contributed by atoms with E-state index in [1.807, 2.05) is 41.5 Å². The van der Waals surface area contributed by atoms with Gasteiger partial charge in [0.15, 0.2) is 5.65 Å². The first-order valence-corrected chi connectivity index (χ1v) is 12.1. The van der Waals surface area contributed by atoms with Crippen molar-refractivity contribution in [1.29, 1.82) is 0 Å². The van der Waals surface area contributed by atoms with E-state index in [-0.39, 0.29) is 16.9 Å². The van der Waals surface area contributed by atoms with E-state index in [1.54, 1.807) is 0 Å². The summed E-state index contributed by atoms with van der Waals surface area (Å²) in [6.07, 6.45) is 2.17. The molecule has 0 amide bonds. The molecule has 3 nitrogen and oxygen atoms in total. The van der Waals surface area contributed by atoms with E-state index in [0.717, 1.165) is 11.3 Å². The molecule has 1 aromatic carbocycles. The second kappa shape index (κ2) is 10.8. The summed E-state index contributed by atoms with van der Waals surface area (Å²) in [5.41, 5.74) is 7.26. The minimum Gasteiger partial charge on any atom is -0.374 e. The Morgan fingerprint density at radius 1 is 0.839 bits per heavy atom. The lowest BCUT2D eigenvalue weighted by Crippen LogP contribution is -2.48. The maximum absolute atomic E-state index is 4.87. The highest BCUT2D eigenvalue weighted by molar-refractivity contribution is 5.76. The summed E-state index contributed by atoms with van der Waals surface area (Å²) in [6.45, 7) is 25.7. The van der Waals surface area contributed by atoms with E-state index in [4.69, 9.17) is 4.98 Å². The summed E-state index contributed by atoms with van der Waals surface area (Å²) in [5.74, 6) is 0. The minimum absolute atomic E-state index is 0.0175. The molecule has 1 N–H and O–H groups in total. The molecule has 172 valence electrons. The van der Waals surface area contributed by atoms with Crippen LogP contribution in [-0.2, 0) is 5.41 Å². The number of nitrogens with one attached hydrogen (secondary N) is 1. The van der Waals surface area contributed by atoms with Crippen molar-refractivity contribution in [2.75, 3.05) is 5.32 Å². The zero-order chi connectivity index (χ0) is 24.0. The molecule has 0 unspecified atom stereocenters. The highest BCUT2D eigenvalue weighted by Gasteiger charge is 2.49. The number of rotatable bonds is 1. The van der Waals surface area contributed by atoms with Crippen LogP contribution in [0.4, 0.5) is 5.69 Å². The highest BCUT2D eigenvalue weighted by atomic mass is 15.1. The number of aryl methyl sites for hydroxylation is 2. The molecule has 1 aliphatic heterocycles. The number of anilines is 1. The SMILES string of the molecule is CC.CC.CC.Cc1nc2c3c(ccn2c1C)C(C)(C)C(C)(C)[C@@H](c1ccccc1)N3. The third-order valence-corrected chi connectivity index (χ3v) is 6.70. The van der Waals surface area contributed by atoms with E-state index < -0.39 is 0 Å². The van der Waals surface area contributed by atoms with Crippen molar-refractivity contribution >= 4 is 11.3 Å². The number of pyridine rings is 1. The third kappa shape index (κ3) is 4.51. The predicted octanol–water partition coefficient (Wildman–Crippen LogP) is 8.50. The van der Waals surface area contributed by atoms with Crippen molar-refractivity contribution in [1.82, 2.24) is 9.38 Å². The summed E-state index contributed by atoms with van der Waals surface area (Å²) in [7, 11) is 0. The number of aromatic nitrogens is 2. The van der Waals surface area contributed by atoms with Crippen LogP contribution < -0.4 is 5.32 Å². The molecule has 1 aliphatic rings. The standard InChI is InChI=1S/C22H27N3.3C2H6/c1-14-15(2)25-13-12-17-18(20(25)23-14)24-19(16-10-8-7-9-11-16)22(5,6)21(17,3)4;3*1-2/h7-13,19,24H,1-6H3;3*1-2H3/t19-;;;/m1.../s1. The minimum atomic E-state index is 0.0175. The molecule has 3 heteroatoms. The molecule has 3 heterocycles. The van der Waals surface area contributed by atoms with Gasteiger partial charge in [0.25, 0.3) is 0 Å². The number of imidazole rings is 1. The van der Waals surface area contributed by atoms with Crippen molar-refractivity contribution < 1.29 is 0 Å². The van der Waals surface area contributed by atoms with Crippen molar-refractivity contribution in [3.8, 4) is 0 Å². The summed E-state index contributed by atoms with van der Waals surface area (Å²) in [5, 5.41) is 3.86. The average Bonchev–Trinajstić information content (AvgIpc) is 3.09. The van der Waals surface area contributed by atoms with Crippen LogP contribution in [0.3, 0.4) is 0 Å². The van der Waals surface area contributed by atoms with Gasteiger partial charge in [0, 0.05) is 11.9 Å². The number of hydrogen-bond acceptors (Lipinski definition) is 2. The Balaban J connectivity index is 0.000000739. The molecule has 31 heavy (non-hydrogen) atoms. The lowest BCUT2D eigenvalue weighted by atomic mass is 9.57. The van der Waals surface area contributed by atoms with Crippen LogP contribution in [-0.4, -0.2) is 9.38 Å². The van der Waals surface area contributed by atoms with Gasteiger partial charge in [-0.05, 0) is 41.9 Å². The Morgan fingerprint density at radius 3 is 1.94 bits per heavy atom. The van der Waals surface area contributed by atoms with E-state index in [2.05, 4.69) is 93.9 Å². The number of fused-ring (bicyclic) bond motifs is 3. The summed E-state index contributed by atoms with van der Waals surface area (Å²) < 4.78 is 2.21.